The predicted molar refractivity (Wildman–Crippen MR) is 100 cm³/mol. The van der Waals surface area contributed by atoms with E-state index in [4.69, 9.17) is 13.5 Å². The molecule has 0 aliphatic heterocycles. The van der Waals surface area contributed by atoms with Crippen LogP contribution < -0.4 is 0 Å². The van der Waals surface area contributed by atoms with E-state index in [1.54, 1.807) is 0 Å². The van der Waals surface area contributed by atoms with E-state index in [9.17, 15) is 0 Å². The summed E-state index contributed by atoms with van der Waals surface area (Å²) in [4.78, 5) is 0. The van der Waals surface area contributed by atoms with E-state index in [-0.39, 0.29) is 0 Å². The van der Waals surface area contributed by atoms with Crippen LogP contribution in [0.2, 0.25) is 0 Å². The van der Waals surface area contributed by atoms with Crippen LogP contribution >= 0.6 is 13.7 Å². The van der Waals surface area contributed by atoms with Gasteiger partial charge in [0.15, 0.2) is 0 Å². The molecular formula is C15H31BO3P2. The van der Waals surface area contributed by atoms with Crippen molar-refractivity contribution in [1.29, 1.82) is 0 Å². The van der Waals surface area contributed by atoms with E-state index in [1.807, 2.05) is 30.3 Å². The molecule has 0 spiro atoms. The van der Waals surface area contributed by atoms with Crippen molar-refractivity contribution in [2.75, 3.05) is 53.3 Å². The summed E-state index contributed by atoms with van der Waals surface area (Å²) < 4.78 is 18.3. The second-order valence-corrected chi connectivity index (χ2v) is 23.2. The zero-order chi connectivity index (χ0) is 16.4. The minimum atomic E-state index is -2.19. The maximum atomic E-state index is 6.21. The average molecular weight is 332 g/mol. The Morgan fingerprint density at radius 2 is 1.19 bits per heavy atom. The van der Waals surface area contributed by atoms with Crippen LogP contribution in [0.5, 0.6) is 0 Å². The summed E-state index contributed by atoms with van der Waals surface area (Å²) in [5.41, 5.74) is 1.12. The van der Waals surface area contributed by atoms with E-state index in [0.29, 0.717) is 6.61 Å². The second-order valence-electron chi connectivity index (χ2n) is 9.12. The quantitative estimate of drug-likeness (QED) is 0.553. The fourth-order valence-electron chi connectivity index (χ4n) is 1.51. The molecule has 0 aromatic heterocycles. The van der Waals surface area contributed by atoms with Gasteiger partial charge in [-0.25, -0.2) is 0 Å². The average Bonchev–Trinajstić information content (AvgIpc) is 2.21. The van der Waals surface area contributed by atoms with E-state index in [1.165, 1.54) is 0 Å². The summed E-state index contributed by atoms with van der Waals surface area (Å²) in [5, 5.41) is 0. The fourth-order valence-corrected chi connectivity index (χ4v) is 3.16. The number of benzene rings is 1. The van der Waals surface area contributed by atoms with Crippen LogP contribution in [-0.4, -0.2) is 60.6 Å². The Morgan fingerprint density at radius 3 is 1.57 bits per heavy atom. The molecule has 0 aliphatic rings. The Balaban J connectivity index is 2.78. The van der Waals surface area contributed by atoms with Crippen LogP contribution in [0.1, 0.15) is 5.56 Å². The van der Waals surface area contributed by atoms with Gasteiger partial charge in [-0.2, -0.15) is 0 Å². The Morgan fingerprint density at radius 1 is 0.762 bits per heavy atom. The number of hydrogen-bond donors (Lipinski definition) is 0. The molecule has 1 rings (SSSR count). The van der Waals surface area contributed by atoms with Crippen LogP contribution in [0, 0.1) is 0 Å². The standard InChI is InChI=1S/C15H31BO3P2/c1-20(2,3,4)18-16(19-21(5,6,7)8)17-14-15-12-10-9-11-13-15/h9-13H,14H2,1-8H3. The molecule has 0 heterocycles. The molecule has 0 saturated carbocycles. The molecule has 1 aromatic carbocycles. The van der Waals surface area contributed by atoms with Crippen LogP contribution in [0.25, 0.3) is 0 Å². The van der Waals surface area contributed by atoms with Crippen molar-refractivity contribution in [3.63, 3.8) is 0 Å². The van der Waals surface area contributed by atoms with E-state index < -0.39 is 21.0 Å². The molecule has 0 aliphatic carbocycles. The van der Waals surface area contributed by atoms with Gasteiger partial charge >= 0.3 is 130 Å². The first kappa shape index (κ1) is 19.1. The molecule has 3 nitrogen and oxygen atoms in total. The van der Waals surface area contributed by atoms with Gasteiger partial charge in [0.2, 0.25) is 0 Å². The van der Waals surface area contributed by atoms with Gasteiger partial charge in [-0.05, 0) is 0 Å². The van der Waals surface area contributed by atoms with Gasteiger partial charge in [0, 0.05) is 0 Å². The number of hydrogen-bond acceptors (Lipinski definition) is 3. The molecule has 0 amide bonds. The number of rotatable bonds is 7. The van der Waals surface area contributed by atoms with Gasteiger partial charge in [-0.15, -0.1) is 0 Å². The first-order valence-corrected chi connectivity index (χ1v) is 15.1. The first-order chi connectivity index (χ1) is 9.16. The van der Waals surface area contributed by atoms with Crippen molar-refractivity contribution in [3.8, 4) is 0 Å². The molecule has 0 bridgehead atoms. The summed E-state index contributed by atoms with van der Waals surface area (Å²) in [6, 6.07) is 10.1. The third kappa shape index (κ3) is 10.4. The van der Waals surface area contributed by atoms with E-state index in [2.05, 4.69) is 53.3 Å². The normalized spacial score (nSPS) is 16.6. The molecule has 6 heteroatoms. The monoisotopic (exact) mass is 332 g/mol. The Bertz CT molecular complexity index is 432. The molecular weight excluding hydrogens is 301 g/mol. The van der Waals surface area contributed by atoms with Crippen molar-refractivity contribution in [3.05, 3.63) is 35.9 Å². The summed E-state index contributed by atoms with van der Waals surface area (Å²) in [6.07, 6.45) is 0. The first-order valence-electron chi connectivity index (χ1n) is 7.20. The van der Waals surface area contributed by atoms with Crippen LogP contribution in [0.15, 0.2) is 30.3 Å². The van der Waals surface area contributed by atoms with Gasteiger partial charge in [-0.3, -0.25) is 0 Å². The van der Waals surface area contributed by atoms with Gasteiger partial charge in [0.05, 0.1) is 0 Å². The summed E-state index contributed by atoms with van der Waals surface area (Å²) in [5.74, 6) is 0. The minimum absolute atomic E-state index is 0.491. The summed E-state index contributed by atoms with van der Waals surface area (Å²) in [7, 11) is -0.615. The van der Waals surface area contributed by atoms with Crippen molar-refractivity contribution in [1.82, 2.24) is 0 Å². The van der Waals surface area contributed by atoms with Crippen LogP contribution in [0.4, 0.5) is 0 Å². The summed E-state index contributed by atoms with van der Waals surface area (Å²) in [6.45, 7) is 13.3. The van der Waals surface area contributed by atoms with Crippen LogP contribution in [0.3, 0.4) is 0 Å². The topological polar surface area (TPSA) is 27.7 Å². The molecule has 1 aromatic rings. The van der Waals surface area contributed by atoms with Crippen molar-refractivity contribution < 1.29 is 13.5 Å². The Labute approximate surface area is 130 Å². The summed E-state index contributed by atoms with van der Waals surface area (Å²) >= 11 is 0. The zero-order valence-electron chi connectivity index (χ0n) is 14.8. The molecule has 0 saturated heterocycles. The Kier molecular flexibility index (Phi) is 5.37. The molecule has 0 radical (unpaired) electrons. The van der Waals surface area contributed by atoms with Crippen LogP contribution in [-0.2, 0) is 20.1 Å². The Hall–Kier alpha value is 0.0249. The van der Waals surface area contributed by atoms with E-state index in [0.717, 1.165) is 5.56 Å². The van der Waals surface area contributed by atoms with Gasteiger partial charge < -0.3 is 0 Å². The molecule has 21 heavy (non-hydrogen) atoms. The molecule has 0 fully saturated rings. The zero-order valence-corrected chi connectivity index (χ0v) is 16.6. The SMILES string of the molecule is CP(C)(C)(C)OB(OCc1ccccc1)OP(C)(C)(C)C. The fraction of sp³-hybridized carbons (Fsp3) is 0.600. The predicted octanol–water partition coefficient (Wildman–Crippen LogP) is 4.20. The van der Waals surface area contributed by atoms with Gasteiger partial charge in [0.25, 0.3) is 0 Å². The molecule has 0 N–H and O–H groups in total. The third-order valence-electron chi connectivity index (χ3n) is 2.24. The van der Waals surface area contributed by atoms with Gasteiger partial charge in [0.1, 0.15) is 0 Å². The van der Waals surface area contributed by atoms with E-state index >= 15 is 0 Å². The molecule has 0 unspecified atom stereocenters. The maximum absolute atomic E-state index is 6.21. The second kappa shape index (κ2) is 5.91. The van der Waals surface area contributed by atoms with Crippen molar-refractivity contribution in [2.45, 2.75) is 6.61 Å². The van der Waals surface area contributed by atoms with Crippen molar-refractivity contribution in [2.24, 2.45) is 0 Å². The van der Waals surface area contributed by atoms with Crippen molar-refractivity contribution >= 4 is 21.0 Å². The van der Waals surface area contributed by atoms with Gasteiger partial charge in [-0.1, -0.05) is 0 Å². The molecule has 0 atom stereocenters. The third-order valence-corrected chi connectivity index (χ3v) is 4.28. The molecule has 122 valence electrons.